The average molecular weight is 236 g/mol. The molecule has 0 unspecified atom stereocenters. The van der Waals surface area contributed by atoms with Crippen LogP contribution >= 0.6 is 0 Å². The Kier molecular flexibility index (Phi) is 5.98. The molecule has 0 spiro atoms. The summed E-state index contributed by atoms with van der Waals surface area (Å²) >= 11 is 0. The third kappa shape index (κ3) is 5.55. The van der Waals surface area contributed by atoms with Gasteiger partial charge >= 0.3 is 0 Å². The summed E-state index contributed by atoms with van der Waals surface area (Å²) in [4.78, 5) is 2.54. The summed E-state index contributed by atoms with van der Waals surface area (Å²) in [7, 11) is 0. The summed E-state index contributed by atoms with van der Waals surface area (Å²) in [5, 5.41) is 8.75. The molecule has 0 aromatic carbocycles. The molecule has 2 nitrogen and oxygen atoms in total. The van der Waals surface area contributed by atoms with E-state index in [4.69, 9.17) is 5.26 Å². The van der Waals surface area contributed by atoms with Crippen molar-refractivity contribution >= 4 is 0 Å². The minimum Gasteiger partial charge on any atom is -0.303 e. The van der Waals surface area contributed by atoms with E-state index in [-0.39, 0.29) is 0 Å². The van der Waals surface area contributed by atoms with Gasteiger partial charge in [0.05, 0.1) is 6.07 Å². The summed E-state index contributed by atoms with van der Waals surface area (Å²) in [5.74, 6) is 0.336. The monoisotopic (exact) mass is 236 g/mol. The second kappa shape index (κ2) is 7.01. The zero-order valence-electron chi connectivity index (χ0n) is 11.8. The second-order valence-electron chi connectivity index (χ2n) is 5.99. The lowest BCUT2D eigenvalue weighted by Gasteiger charge is -2.31. The van der Waals surface area contributed by atoms with Crippen LogP contribution in [0.3, 0.4) is 0 Å². The quantitative estimate of drug-likeness (QED) is 0.744. The van der Waals surface area contributed by atoms with E-state index in [2.05, 4.69) is 31.7 Å². The maximum atomic E-state index is 8.75. The standard InChI is InChI=1S/C11H18N2.C4H10/c1-11(4-5-11)9-13-6-2-10(8-12)3-7-13;1-3-4-2/h10H,2-7,9H2,1H3;3-4H2,1-2H3. The number of rotatable bonds is 3. The van der Waals surface area contributed by atoms with Gasteiger partial charge in [0.15, 0.2) is 0 Å². The van der Waals surface area contributed by atoms with Gasteiger partial charge < -0.3 is 4.90 Å². The summed E-state index contributed by atoms with van der Waals surface area (Å²) in [5.41, 5.74) is 0.638. The zero-order valence-corrected chi connectivity index (χ0v) is 11.8. The van der Waals surface area contributed by atoms with Crippen molar-refractivity contribution in [3.05, 3.63) is 0 Å². The van der Waals surface area contributed by atoms with E-state index in [0.717, 1.165) is 25.9 Å². The van der Waals surface area contributed by atoms with Crippen LogP contribution in [0.5, 0.6) is 0 Å². The number of nitrogens with zero attached hydrogens (tertiary/aromatic N) is 2. The molecule has 2 rings (SSSR count). The summed E-state index contributed by atoms with van der Waals surface area (Å²) in [6.07, 6.45) is 7.63. The number of unbranched alkanes of at least 4 members (excludes halogenated alkanes) is 1. The number of hydrogen-bond donors (Lipinski definition) is 0. The van der Waals surface area contributed by atoms with Gasteiger partial charge in [-0.3, -0.25) is 0 Å². The molecule has 1 saturated carbocycles. The van der Waals surface area contributed by atoms with E-state index in [1.54, 1.807) is 0 Å². The minimum absolute atomic E-state index is 0.336. The maximum absolute atomic E-state index is 8.75. The lowest BCUT2D eigenvalue weighted by Crippen LogP contribution is -2.36. The van der Waals surface area contributed by atoms with Crippen molar-refractivity contribution in [2.24, 2.45) is 11.3 Å². The van der Waals surface area contributed by atoms with E-state index in [0.29, 0.717) is 11.3 Å². The summed E-state index contributed by atoms with van der Waals surface area (Å²) in [6, 6.07) is 2.38. The summed E-state index contributed by atoms with van der Waals surface area (Å²) < 4.78 is 0. The van der Waals surface area contributed by atoms with Gasteiger partial charge in [0.1, 0.15) is 0 Å². The highest BCUT2D eigenvalue weighted by Crippen LogP contribution is 2.45. The Bertz CT molecular complexity index is 240. The van der Waals surface area contributed by atoms with E-state index in [1.807, 2.05) is 0 Å². The molecule has 0 aromatic heterocycles. The van der Waals surface area contributed by atoms with Crippen LogP contribution in [0.4, 0.5) is 0 Å². The average Bonchev–Trinajstić information content (AvgIpc) is 3.08. The molecule has 2 fully saturated rings. The molecule has 0 atom stereocenters. The van der Waals surface area contributed by atoms with Crippen LogP contribution in [0.25, 0.3) is 0 Å². The van der Waals surface area contributed by atoms with Crippen LogP contribution < -0.4 is 0 Å². The van der Waals surface area contributed by atoms with Gasteiger partial charge in [-0.25, -0.2) is 0 Å². The van der Waals surface area contributed by atoms with E-state index >= 15 is 0 Å². The Labute approximate surface area is 107 Å². The molecule has 2 aliphatic rings. The first-order valence-electron chi connectivity index (χ1n) is 7.25. The molecule has 0 radical (unpaired) electrons. The van der Waals surface area contributed by atoms with Gasteiger partial charge in [-0.15, -0.1) is 0 Å². The predicted molar refractivity (Wildman–Crippen MR) is 72.7 cm³/mol. The van der Waals surface area contributed by atoms with Gasteiger partial charge in [0.25, 0.3) is 0 Å². The molecule has 0 N–H and O–H groups in total. The van der Waals surface area contributed by atoms with Crippen molar-refractivity contribution in [1.82, 2.24) is 4.90 Å². The van der Waals surface area contributed by atoms with E-state index in [9.17, 15) is 0 Å². The molecule has 1 aliphatic heterocycles. The van der Waals surface area contributed by atoms with Gasteiger partial charge in [-0.05, 0) is 44.2 Å². The van der Waals surface area contributed by atoms with Crippen molar-refractivity contribution in [1.29, 1.82) is 5.26 Å². The minimum atomic E-state index is 0.336. The molecule has 0 amide bonds. The van der Waals surface area contributed by atoms with Crippen molar-refractivity contribution in [2.75, 3.05) is 19.6 Å². The number of piperidine rings is 1. The van der Waals surface area contributed by atoms with Crippen molar-refractivity contribution in [3.63, 3.8) is 0 Å². The Morgan fingerprint density at radius 2 is 1.71 bits per heavy atom. The lowest BCUT2D eigenvalue weighted by molar-refractivity contribution is 0.175. The fourth-order valence-corrected chi connectivity index (χ4v) is 2.13. The molecular formula is C15H28N2. The van der Waals surface area contributed by atoms with Crippen LogP contribution in [0, 0.1) is 22.7 Å². The summed E-state index contributed by atoms with van der Waals surface area (Å²) in [6.45, 7) is 10.3. The SMILES string of the molecule is CC1(CN2CCC(C#N)CC2)CC1.CCCC. The number of nitriles is 1. The van der Waals surface area contributed by atoms with Crippen LogP contribution in [0.1, 0.15) is 59.3 Å². The molecule has 17 heavy (non-hydrogen) atoms. The van der Waals surface area contributed by atoms with Crippen molar-refractivity contribution in [3.8, 4) is 6.07 Å². The first-order valence-corrected chi connectivity index (χ1v) is 7.25. The highest BCUT2D eigenvalue weighted by molar-refractivity contribution is 4.94. The Morgan fingerprint density at radius 3 is 2.06 bits per heavy atom. The highest BCUT2D eigenvalue weighted by Gasteiger charge is 2.39. The smallest absolute Gasteiger partial charge is 0.0656 e. The molecule has 2 heteroatoms. The molecule has 1 heterocycles. The maximum Gasteiger partial charge on any atom is 0.0656 e. The normalized spacial score (nSPS) is 23.4. The second-order valence-corrected chi connectivity index (χ2v) is 5.99. The highest BCUT2D eigenvalue weighted by atomic mass is 15.1. The molecule has 98 valence electrons. The van der Waals surface area contributed by atoms with Crippen LogP contribution in [0.2, 0.25) is 0 Å². The number of likely N-dealkylation sites (tertiary alicyclic amines) is 1. The van der Waals surface area contributed by atoms with Crippen LogP contribution in [-0.4, -0.2) is 24.5 Å². The topological polar surface area (TPSA) is 27.0 Å². The fourth-order valence-electron chi connectivity index (χ4n) is 2.13. The zero-order chi connectivity index (χ0) is 12.7. The third-order valence-corrected chi connectivity index (χ3v) is 3.98. The van der Waals surface area contributed by atoms with Gasteiger partial charge in [-0.1, -0.05) is 33.6 Å². The van der Waals surface area contributed by atoms with Crippen LogP contribution in [-0.2, 0) is 0 Å². The first kappa shape index (κ1) is 14.5. The van der Waals surface area contributed by atoms with Gasteiger partial charge in [-0.2, -0.15) is 5.26 Å². The number of hydrogen-bond acceptors (Lipinski definition) is 2. The molecular weight excluding hydrogens is 208 g/mol. The van der Waals surface area contributed by atoms with Gasteiger partial charge in [0.2, 0.25) is 0 Å². The molecule has 1 saturated heterocycles. The predicted octanol–water partition coefficient (Wildman–Crippen LogP) is 3.83. The van der Waals surface area contributed by atoms with Crippen LogP contribution in [0.15, 0.2) is 0 Å². The Morgan fingerprint density at radius 1 is 1.18 bits per heavy atom. The lowest BCUT2D eigenvalue weighted by atomic mass is 9.97. The first-order chi connectivity index (χ1) is 8.13. The fraction of sp³-hybridized carbons (Fsp3) is 0.933. The van der Waals surface area contributed by atoms with Gasteiger partial charge in [0, 0.05) is 12.5 Å². The molecule has 1 aliphatic carbocycles. The Balaban J connectivity index is 0.000000317. The van der Waals surface area contributed by atoms with Crippen molar-refractivity contribution < 1.29 is 0 Å². The van der Waals surface area contributed by atoms with E-state index in [1.165, 1.54) is 32.2 Å². The molecule has 0 bridgehead atoms. The van der Waals surface area contributed by atoms with Crippen molar-refractivity contribution in [2.45, 2.75) is 59.3 Å². The van der Waals surface area contributed by atoms with E-state index < -0.39 is 0 Å². The molecule has 0 aromatic rings. The Hall–Kier alpha value is -0.550. The largest absolute Gasteiger partial charge is 0.303 e. The third-order valence-electron chi connectivity index (χ3n) is 3.98.